The van der Waals surface area contributed by atoms with Gasteiger partial charge in [-0.25, -0.2) is 4.79 Å². The molecule has 2 N–H and O–H groups in total. The molecule has 0 aliphatic heterocycles. The zero-order chi connectivity index (χ0) is 16.0. The molecule has 0 atom stereocenters. The zero-order valence-corrected chi connectivity index (χ0v) is 12.9. The molecule has 0 radical (unpaired) electrons. The second-order valence-electron chi connectivity index (χ2n) is 4.73. The van der Waals surface area contributed by atoms with Crippen LogP contribution in [0.2, 0.25) is 0 Å². The average molecular weight is 290 g/mol. The molecule has 0 spiro atoms. The lowest BCUT2D eigenvalue weighted by molar-refractivity contribution is -0.133. The van der Waals surface area contributed by atoms with Crippen LogP contribution in [0.25, 0.3) is 0 Å². The molecule has 0 aliphatic rings. The largest absolute Gasteiger partial charge is 0.478 e. The molecular weight excluding hydrogens is 268 g/mol. The van der Waals surface area contributed by atoms with Crippen molar-refractivity contribution in [1.29, 1.82) is 0 Å². The Balaban J connectivity index is 2.83. The van der Waals surface area contributed by atoms with Gasteiger partial charge in [0.05, 0.1) is 0 Å². The highest BCUT2D eigenvalue weighted by Crippen LogP contribution is 2.18. The van der Waals surface area contributed by atoms with Crippen molar-refractivity contribution in [3.63, 3.8) is 0 Å². The van der Waals surface area contributed by atoms with Gasteiger partial charge in [-0.3, -0.25) is 4.79 Å². The van der Waals surface area contributed by atoms with Crippen LogP contribution in [0.5, 0.6) is 0 Å². The number of hydrogen-bond acceptors (Lipinski definition) is 3. The average Bonchev–Trinajstić information content (AvgIpc) is 2.48. The fourth-order valence-corrected chi connectivity index (χ4v) is 1.90. The van der Waals surface area contributed by atoms with Gasteiger partial charge < -0.3 is 15.3 Å². The van der Waals surface area contributed by atoms with E-state index in [1.165, 1.54) is 13.8 Å². The van der Waals surface area contributed by atoms with E-state index in [0.29, 0.717) is 5.69 Å². The van der Waals surface area contributed by atoms with Gasteiger partial charge in [0.15, 0.2) is 0 Å². The van der Waals surface area contributed by atoms with Crippen LogP contribution in [0.4, 0.5) is 11.4 Å². The minimum absolute atomic E-state index is 0.0484. The van der Waals surface area contributed by atoms with Crippen LogP contribution >= 0.6 is 0 Å². The Morgan fingerprint density at radius 1 is 1.05 bits per heavy atom. The quantitative estimate of drug-likeness (QED) is 0.790. The number of rotatable bonds is 6. The van der Waals surface area contributed by atoms with E-state index >= 15 is 0 Å². The van der Waals surface area contributed by atoms with Crippen LogP contribution in [-0.4, -0.2) is 30.1 Å². The van der Waals surface area contributed by atoms with Crippen LogP contribution in [0, 0.1) is 0 Å². The van der Waals surface area contributed by atoms with Gasteiger partial charge >= 0.3 is 5.97 Å². The van der Waals surface area contributed by atoms with E-state index in [1.54, 1.807) is 0 Å². The van der Waals surface area contributed by atoms with Gasteiger partial charge in [-0.2, -0.15) is 0 Å². The number of aliphatic carboxylic acids is 1. The Labute approximate surface area is 125 Å². The third kappa shape index (κ3) is 4.34. The predicted octanol–water partition coefficient (Wildman–Crippen LogP) is 2.89. The number of benzene rings is 1. The van der Waals surface area contributed by atoms with Crippen LogP contribution in [-0.2, 0) is 9.59 Å². The normalized spacial score (nSPS) is 11.6. The third-order valence-electron chi connectivity index (χ3n) is 3.48. The van der Waals surface area contributed by atoms with Crippen LogP contribution in [0.15, 0.2) is 35.4 Å². The number of carboxylic acid groups (broad SMARTS) is 1. The van der Waals surface area contributed by atoms with Crippen molar-refractivity contribution in [3.8, 4) is 0 Å². The summed E-state index contributed by atoms with van der Waals surface area (Å²) in [5.41, 5.74) is 1.99. The molecule has 0 bridgehead atoms. The molecule has 0 fully saturated rings. The van der Waals surface area contributed by atoms with Crippen molar-refractivity contribution in [3.05, 3.63) is 35.4 Å². The van der Waals surface area contributed by atoms with Crippen molar-refractivity contribution < 1.29 is 14.7 Å². The number of carboxylic acids is 1. The monoisotopic (exact) mass is 290 g/mol. The van der Waals surface area contributed by atoms with E-state index in [1.807, 2.05) is 24.3 Å². The lowest BCUT2D eigenvalue weighted by Crippen LogP contribution is -2.21. The van der Waals surface area contributed by atoms with Gasteiger partial charge in [0.2, 0.25) is 0 Å². The van der Waals surface area contributed by atoms with Crippen molar-refractivity contribution in [2.45, 2.75) is 27.7 Å². The molecule has 0 heterocycles. The van der Waals surface area contributed by atoms with E-state index in [0.717, 1.165) is 18.8 Å². The molecule has 0 aliphatic carbocycles. The number of carbonyl (C=O) groups excluding carboxylic acids is 1. The maximum absolute atomic E-state index is 11.9. The molecule has 21 heavy (non-hydrogen) atoms. The van der Waals surface area contributed by atoms with Crippen molar-refractivity contribution in [2.75, 3.05) is 23.3 Å². The maximum Gasteiger partial charge on any atom is 0.331 e. The Hall–Kier alpha value is -2.30. The van der Waals surface area contributed by atoms with Crippen molar-refractivity contribution in [1.82, 2.24) is 0 Å². The molecule has 1 aromatic rings. The summed E-state index contributed by atoms with van der Waals surface area (Å²) in [6.45, 7) is 8.93. The van der Waals surface area contributed by atoms with Gasteiger partial charge in [-0.15, -0.1) is 0 Å². The zero-order valence-electron chi connectivity index (χ0n) is 12.9. The van der Waals surface area contributed by atoms with Crippen molar-refractivity contribution in [2.24, 2.45) is 0 Å². The lowest BCUT2D eigenvalue weighted by Gasteiger charge is -2.21. The fourth-order valence-electron chi connectivity index (χ4n) is 1.90. The van der Waals surface area contributed by atoms with Crippen LogP contribution in [0.1, 0.15) is 27.7 Å². The SMILES string of the molecule is CCN(CC)c1ccc(NC(=O)C(C)=C(C)C(=O)O)cc1. The minimum Gasteiger partial charge on any atom is -0.478 e. The topological polar surface area (TPSA) is 69.6 Å². The first-order valence-corrected chi connectivity index (χ1v) is 6.97. The number of carbonyl (C=O) groups is 2. The van der Waals surface area contributed by atoms with Crippen molar-refractivity contribution >= 4 is 23.3 Å². The standard InChI is InChI=1S/C16H22N2O3/c1-5-18(6-2)14-9-7-13(8-10-14)17-15(19)11(3)12(4)16(20)21/h7-10H,5-6H2,1-4H3,(H,17,19)(H,20,21). The molecule has 0 unspecified atom stereocenters. The second kappa shape index (κ2) is 7.47. The lowest BCUT2D eigenvalue weighted by atomic mass is 10.1. The summed E-state index contributed by atoms with van der Waals surface area (Å²) in [4.78, 5) is 25.0. The van der Waals surface area contributed by atoms with E-state index < -0.39 is 11.9 Å². The Morgan fingerprint density at radius 3 is 2.00 bits per heavy atom. The third-order valence-corrected chi connectivity index (χ3v) is 3.48. The van der Waals surface area contributed by atoms with E-state index in [9.17, 15) is 9.59 Å². The van der Waals surface area contributed by atoms with E-state index in [-0.39, 0.29) is 11.1 Å². The highest BCUT2D eigenvalue weighted by molar-refractivity contribution is 6.08. The second-order valence-corrected chi connectivity index (χ2v) is 4.73. The summed E-state index contributed by atoms with van der Waals surface area (Å²) in [7, 11) is 0. The molecule has 1 amide bonds. The first kappa shape index (κ1) is 16.8. The first-order valence-electron chi connectivity index (χ1n) is 6.97. The number of hydrogen-bond donors (Lipinski definition) is 2. The summed E-state index contributed by atoms with van der Waals surface area (Å²) in [5, 5.41) is 11.6. The number of anilines is 2. The molecule has 0 saturated carbocycles. The molecule has 0 saturated heterocycles. The number of nitrogens with one attached hydrogen (secondary N) is 1. The smallest absolute Gasteiger partial charge is 0.331 e. The predicted molar refractivity (Wildman–Crippen MR) is 84.6 cm³/mol. The van der Waals surface area contributed by atoms with Gasteiger partial charge in [0.1, 0.15) is 0 Å². The molecule has 1 aromatic carbocycles. The van der Waals surface area contributed by atoms with Gasteiger partial charge in [0, 0.05) is 35.6 Å². The van der Waals surface area contributed by atoms with Crippen LogP contribution in [0.3, 0.4) is 0 Å². The summed E-state index contributed by atoms with van der Waals surface area (Å²) < 4.78 is 0. The Kier molecular flexibility index (Phi) is 5.96. The summed E-state index contributed by atoms with van der Waals surface area (Å²) in [5.74, 6) is -1.48. The summed E-state index contributed by atoms with van der Waals surface area (Å²) in [6, 6.07) is 7.50. The molecule has 0 aromatic heterocycles. The molecule has 1 rings (SSSR count). The molecule has 114 valence electrons. The van der Waals surface area contributed by atoms with Gasteiger partial charge in [0.25, 0.3) is 5.91 Å². The van der Waals surface area contributed by atoms with Gasteiger partial charge in [-0.05, 0) is 52.0 Å². The summed E-state index contributed by atoms with van der Waals surface area (Å²) in [6.07, 6.45) is 0. The van der Waals surface area contributed by atoms with Gasteiger partial charge in [-0.1, -0.05) is 0 Å². The Morgan fingerprint density at radius 2 is 1.57 bits per heavy atom. The molecule has 5 heteroatoms. The Bertz CT molecular complexity index is 543. The first-order chi connectivity index (χ1) is 9.90. The molecule has 5 nitrogen and oxygen atoms in total. The van der Waals surface area contributed by atoms with E-state index in [2.05, 4.69) is 24.1 Å². The highest BCUT2D eigenvalue weighted by Gasteiger charge is 2.12. The molecular formula is C16H22N2O3. The number of nitrogens with zero attached hydrogens (tertiary/aromatic N) is 1. The summed E-state index contributed by atoms with van der Waals surface area (Å²) >= 11 is 0. The minimum atomic E-state index is -1.08. The van der Waals surface area contributed by atoms with E-state index in [4.69, 9.17) is 5.11 Å². The fraction of sp³-hybridized carbons (Fsp3) is 0.375. The highest BCUT2D eigenvalue weighted by atomic mass is 16.4. The number of amides is 1. The van der Waals surface area contributed by atoms with Crippen LogP contribution < -0.4 is 10.2 Å². The maximum atomic E-state index is 11.9.